The van der Waals surface area contributed by atoms with Crippen molar-refractivity contribution in [3.63, 3.8) is 0 Å². The summed E-state index contributed by atoms with van der Waals surface area (Å²) in [6.07, 6.45) is 2.78. The van der Waals surface area contributed by atoms with Crippen LogP contribution in [0.5, 0.6) is 0 Å². The molecule has 0 aliphatic rings. The predicted octanol–water partition coefficient (Wildman–Crippen LogP) is 1.58. The van der Waals surface area contributed by atoms with Crippen molar-refractivity contribution in [1.82, 2.24) is 24.8 Å². The minimum Gasteiger partial charge on any atom is -0.320 e. The van der Waals surface area contributed by atoms with Crippen molar-refractivity contribution >= 4 is 15.9 Å². The molecule has 2 N–H and O–H groups in total. The summed E-state index contributed by atoms with van der Waals surface area (Å²) in [4.78, 5) is 0. The third-order valence-corrected chi connectivity index (χ3v) is 3.93. The van der Waals surface area contributed by atoms with Crippen LogP contribution in [0.3, 0.4) is 0 Å². The Kier molecular flexibility index (Phi) is 3.78. The maximum atomic E-state index is 6.01. The van der Waals surface area contributed by atoms with Gasteiger partial charge in [0.1, 0.15) is 5.69 Å². The van der Waals surface area contributed by atoms with Crippen molar-refractivity contribution < 1.29 is 0 Å². The minimum absolute atomic E-state index is 0.476. The van der Waals surface area contributed by atoms with Crippen LogP contribution in [-0.4, -0.2) is 24.8 Å². The second-order valence-electron chi connectivity index (χ2n) is 5.21. The summed E-state index contributed by atoms with van der Waals surface area (Å²) in [7, 11) is 1.93. The van der Waals surface area contributed by atoms with Crippen LogP contribution in [0.4, 0.5) is 0 Å². The van der Waals surface area contributed by atoms with E-state index in [1.807, 2.05) is 31.8 Å². The fourth-order valence-corrected chi connectivity index (χ4v) is 2.56. The second-order valence-corrected chi connectivity index (χ2v) is 6.00. The fourth-order valence-electron chi connectivity index (χ4n) is 1.82. The lowest BCUT2D eigenvalue weighted by Crippen LogP contribution is -2.29. The number of nitrogens with two attached hydrogens (primary N) is 1. The summed E-state index contributed by atoms with van der Waals surface area (Å²) in [5.41, 5.74) is 8.43. The van der Waals surface area contributed by atoms with Gasteiger partial charge in [0.05, 0.1) is 34.1 Å². The molecule has 19 heavy (non-hydrogen) atoms. The number of halogens is 1. The molecule has 104 valence electrons. The molecule has 0 atom stereocenters. The third kappa shape index (κ3) is 2.87. The first-order valence-electron chi connectivity index (χ1n) is 6.22. The quantitative estimate of drug-likeness (QED) is 0.925. The number of aryl methyl sites for hydroxylation is 2. The van der Waals surface area contributed by atoms with Gasteiger partial charge in [-0.1, -0.05) is 12.1 Å². The van der Waals surface area contributed by atoms with Gasteiger partial charge < -0.3 is 5.73 Å². The molecule has 0 bridgehead atoms. The Morgan fingerprint density at radius 2 is 2.11 bits per heavy atom. The topological polar surface area (TPSA) is 74.5 Å². The normalized spacial score (nSPS) is 12.1. The largest absolute Gasteiger partial charge is 0.320 e. The number of rotatable bonds is 4. The van der Waals surface area contributed by atoms with Gasteiger partial charge in [0.15, 0.2) is 0 Å². The highest BCUT2D eigenvalue weighted by Gasteiger charge is 2.19. The summed E-state index contributed by atoms with van der Waals surface area (Å²) in [5, 5.41) is 12.7. The van der Waals surface area contributed by atoms with E-state index in [4.69, 9.17) is 5.73 Å². The summed E-state index contributed by atoms with van der Waals surface area (Å²) in [6, 6.07) is 0. The van der Waals surface area contributed by atoms with Crippen LogP contribution in [0.25, 0.3) is 0 Å². The highest BCUT2D eigenvalue weighted by atomic mass is 79.9. The van der Waals surface area contributed by atoms with Gasteiger partial charge in [-0.3, -0.25) is 4.68 Å². The fraction of sp³-hybridized carbons (Fsp3) is 0.583. The summed E-state index contributed by atoms with van der Waals surface area (Å²) in [5.74, 6) is 0. The van der Waals surface area contributed by atoms with Crippen molar-refractivity contribution in [2.75, 3.05) is 0 Å². The molecule has 2 aromatic heterocycles. The molecule has 0 fully saturated rings. The van der Waals surface area contributed by atoms with Crippen molar-refractivity contribution in [2.45, 2.75) is 39.3 Å². The SMILES string of the molecule is CCc1nn(C)c(Cn2cc(C(C)(C)N)nn2)c1Br. The number of hydrogen-bond acceptors (Lipinski definition) is 4. The van der Waals surface area contributed by atoms with Gasteiger partial charge in [0, 0.05) is 7.05 Å². The molecule has 0 amide bonds. The molecule has 0 saturated heterocycles. The van der Waals surface area contributed by atoms with Gasteiger partial charge >= 0.3 is 0 Å². The van der Waals surface area contributed by atoms with E-state index in [9.17, 15) is 0 Å². The first kappa shape index (κ1) is 14.2. The zero-order chi connectivity index (χ0) is 14.2. The lowest BCUT2D eigenvalue weighted by molar-refractivity contribution is 0.533. The number of nitrogens with zero attached hydrogens (tertiary/aromatic N) is 5. The second kappa shape index (κ2) is 5.05. The van der Waals surface area contributed by atoms with Crippen LogP contribution in [0.1, 0.15) is 37.9 Å². The van der Waals surface area contributed by atoms with Gasteiger partial charge in [-0.2, -0.15) is 5.10 Å². The first-order valence-corrected chi connectivity index (χ1v) is 7.02. The highest BCUT2D eigenvalue weighted by molar-refractivity contribution is 9.10. The average Bonchev–Trinajstić information content (AvgIpc) is 2.88. The van der Waals surface area contributed by atoms with Crippen LogP contribution in [0.15, 0.2) is 10.7 Å². The lowest BCUT2D eigenvalue weighted by Gasteiger charge is -2.13. The monoisotopic (exact) mass is 326 g/mol. The molecule has 0 unspecified atom stereocenters. The molecule has 2 heterocycles. The maximum absolute atomic E-state index is 6.01. The van der Waals surface area contributed by atoms with Gasteiger partial charge in [0.2, 0.25) is 0 Å². The maximum Gasteiger partial charge on any atom is 0.102 e. The molecule has 2 rings (SSSR count). The molecule has 0 spiro atoms. The highest BCUT2D eigenvalue weighted by Crippen LogP contribution is 2.22. The van der Waals surface area contributed by atoms with Crippen LogP contribution < -0.4 is 5.73 Å². The van der Waals surface area contributed by atoms with Crippen molar-refractivity contribution in [2.24, 2.45) is 12.8 Å². The van der Waals surface area contributed by atoms with Crippen molar-refractivity contribution in [1.29, 1.82) is 0 Å². The van der Waals surface area contributed by atoms with Crippen LogP contribution >= 0.6 is 15.9 Å². The van der Waals surface area contributed by atoms with E-state index in [0.717, 1.165) is 28.0 Å². The Bertz CT molecular complexity index is 578. The Hall–Kier alpha value is -1.21. The standard InChI is InChI=1S/C12H19BrN6/c1-5-8-11(13)9(18(4)16-8)6-19-7-10(15-17-19)12(2,3)14/h7H,5-6,14H2,1-4H3. The molecule has 6 nitrogen and oxygen atoms in total. The smallest absolute Gasteiger partial charge is 0.102 e. The van der Waals surface area contributed by atoms with Gasteiger partial charge in [0.25, 0.3) is 0 Å². The van der Waals surface area contributed by atoms with Gasteiger partial charge in [-0.05, 0) is 36.2 Å². The van der Waals surface area contributed by atoms with E-state index in [-0.39, 0.29) is 0 Å². The third-order valence-electron chi connectivity index (χ3n) is 3.01. The molecule has 0 aromatic carbocycles. The molecular weight excluding hydrogens is 308 g/mol. The van der Waals surface area contributed by atoms with E-state index < -0.39 is 5.54 Å². The molecular formula is C12H19BrN6. The summed E-state index contributed by atoms with van der Waals surface area (Å²) < 4.78 is 4.70. The molecule has 0 aliphatic carbocycles. The van der Waals surface area contributed by atoms with Crippen LogP contribution in [-0.2, 0) is 25.6 Å². The van der Waals surface area contributed by atoms with E-state index in [1.165, 1.54) is 0 Å². The molecule has 0 radical (unpaired) electrons. The minimum atomic E-state index is -0.476. The van der Waals surface area contributed by atoms with Crippen molar-refractivity contribution in [3.8, 4) is 0 Å². The van der Waals surface area contributed by atoms with E-state index in [1.54, 1.807) is 4.68 Å². The summed E-state index contributed by atoms with van der Waals surface area (Å²) >= 11 is 3.60. The Morgan fingerprint density at radius 3 is 2.58 bits per heavy atom. The van der Waals surface area contributed by atoms with E-state index in [2.05, 4.69) is 38.3 Å². The Labute approximate surface area is 121 Å². The van der Waals surface area contributed by atoms with Crippen LogP contribution in [0.2, 0.25) is 0 Å². The zero-order valence-corrected chi connectivity index (χ0v) is 13.3. The van der Waals surface area contributed by atoms with E-state index >= 15 is 0 Å². The Morgan fingerprint density at radius 1 is 1.42 bits per heavy atom. The van der Waals surface area contributed by atoms with Gasteiger partial charge in [-0.15, -0.1) is 5.10 Å². The predicted molar refractivity (Wildman–Crippen MR) is 76.6 cm³/mol. The molecule has 7 heteroatoms. The van der Waals surface area contributed by atoms with E-state index in [0.29, 0.717) is 6.54 Å². The molecule has 0 aliphatic heterocycles. The summed E-state index contributed by atoms with van der Waals surface area (Å²) in [6.45, 7) is 6.53. The molecule has 0 saturated carbocycles. The number of hydrogen-bond donors (Lipinski definition) is 1. The Balaban J connectivity index is 2.27. The van der Waals surface area contributed by atoms with Crippen LogP contribution in [0, 0.1) is 0 Å². The van der Waals surface area contributed by atoms with Gasteiger partial charge in [-0.25, -0.2) is 4.68 Å². The average molecular weight is 327 g/mol. The first-order chi connectivity index (χ1) is 8.82. The lowest BCUT2D eigenvalue weighted by atomic mass is 10.0. The number of aromatic nitrogens is 5. The zero-order valence-electron chi connectivity index (χ0n) is 11.7. The molecule has 2 aromatic rings. The van der Waals surface area contributed by atoms with Crippen molar-refractivity contribution in [3.05, 3.63) is 27.8 Å².